The second-order valence-electron chi connectivity index (χ2n) is 4.47. The highest BCUT2D eigenvalue weighted by Gasteiger charge is 2.19. The van der Waals surface area contributed by atoms with Crippen LogP contribution in [0.4, 0.5) is 5.69 Å². The molecule has 1 fully saturated rings. The minimum atomic E-state index is 0.325. The monoisotopic (exact) mass is 205 g/mol. The maximum absolute atomic E-state index is 6.01. The Balaban J connectivity index is 2.28. The summed E-state index contributed by atoms with van der Waals surface area (Å²) >= 11 is 0. The number of hydrogen-bond donors (Lipinski definition) is 1. The highest BCUT2D eigenvalue weighted by molar-refractivity contribution is 5.57. The van der Waals surface area contributed by atoms with Crippen LogP contribution in [0.1, 0.15) is 24.0 Å². The van der Waals surface area contributed by atoms with Crippen LogP contribution < -0.4 is 10.6 Å². The highest BCUT2D eigenvalue weighted by atomic mass is 15.2. The van der Waals surface area contributed by atoms with Gasteiger partial charge >= 0.3 is 0 Å². The molecule has 15 heavy (non-hydrogen) atoms. The Bertz CT molecular complexity index is 328. The Kier molecular flexibility index (Phi) is 2.91. The third kappa shape index (κ3) is 2.12. The van der Waals surface area contributed by atoms with Gasteiger partial charge in [-0.2, -0.15) is 0 Å². The van der Waals surface area contributed by atoms with Gasteiger partial charge in [-0.1, -0.05) is 0 Å². The summed E-state index contributed by atoms with van der Waals surface area (Å²) in [6, 6.07) is 0.325. The SMILES string of the molecule is Cc1cncc(C)c1N1CCCC(N)C1. The Morgan fingerprint density at radius 3 is 2.60 bits per heavy atom. The van der Waals surface area contributed by atoms with Crippen LogP contribution in [-0.2, 0) is 0 Å². The van der Waals surface area contributed by atoms with E-state index in [-0.39, 0.29) is 0 Å². The lowest BCUT2D eigenvalue weighted by molar-refractivity contribution is 0.505. The van der Waals surface area contributed by atoms with E-state index in [0.717, 1.165) is 19.5 Å². The standard InChI is InChI=1S/C12H19N3/c1-9-6-14-7-10(2)12(9)15-5-3-4-11(13)8-15/h6-7,11H,3-5,8,13H2,1-2H3. The molecule has 2 N–H and O–H groups in total. The van der Waals surface area contributed by atoms with Crippen LogP contribution in [0.15, 0.2) is 12.4 Å². The van der Waals surface area contributed by atoms with Gasteiger partial charge in [0.1, 0.15) is 0 Å². The predicted molar refractivity (Wildman–Crippen MR) is 63.1 cm³/mol. The first-order valence-electron chi connectivity index (χ1n) is 5.60. The Hall–Kier alpha value is -1.09. The predicted octanol–water partition coefficient (Wildman–Crippen LogP) is 1.63. The van der Waals surface area contributed by atoms with Gasteiger partial charge in [0.15, 0.2) is 0 Å². The zero-order chi connectivity index (χ0) is 10.8. The summed E-state index contributed by atoms with van der Waals surface area (Å²) in [6.45, 7) is 6.34. The Morgan fingerprint density at radius 1 is 1.33 bits per heavy atom. The lowest BCUT2D eigenvalue weighted by atomic mass is 10.0. The molecule has 1 aliphatic heterocycles. The van der Waals surface area contributed by atoms with Crippen molar-refractivity contribution in [1.29, 1.82) is 0 Å². The van der Waals surface area contributed by atoms with Gasteiger partial charge in [0, 0.05) is 37.2 Å². The number of piperidine rings is 1. The summed E-state index contributed by atoms with van der Waals surface area (Å²) in [5.41, 5.74) is 9.85. The summed E-state index contributed by atoms with van der Waals surface area (Å²) in [5, 5.41) is 0. The van der Waals surface area contributed by atoms with Crippen molar-refractivity contribution in [2.75, 3.05) is 18.0 Å². The van der Waals surface area contributed by atoms with Crippen molar-refractivity contribution in [2.45, 2.75) is 32.7 Å². The number of aromatic nitrogens is 1. The summed E-state index contributed by atoms with van der Waals surface area (Å²) < 4.78 is 0. The first-order valence-corrected chi connectivity index (χ1v) is 5.60. The molecule has 0 bridgehead atoms. The summed E-state index contributed by atoms with van der Waals surface area (Å²) in [7, 11) is 0. The van der Waals surface area contributed by atoms with Crippen molar-refractivity contribution in [1.82, 2.24) is 4.98 Å². The largest absolute Gasteiger partial charge is 0.369 e. The van der Waals surface area contributed by atoms with Crippen LogP contribution in [0, 0.1) is 13.8 Å². The van der Waals surface area contributed by atoms with Crippen LogP contribution in [0.2, 0.25) is 0 Å². The van der Waals surface area contributed by atoms with Gasteiger partial charge in [-0.05, 0) is 37.8 Å². The summed E-state index contributed by atoms with van der Waals surface area (Å²) in [4.78, 5) is 6.60. The molecule has 0 aromatic carbocycles. The number of anilines is 1. The molecule has 82 valence electrons. The fraction of sp³-hybridized carbons (Fsp3) is 0.583. The average molecular weight is 205 g/mol. The maximum atomic E-state index is 6.01. The number of nitrogens with two attached hydrogens (primary N) is 1. The molecule has 2 rings (SSSR count). The summed E-state index contributed by atoms with van der Waals surface area (Å²) in [6.07, 6.45) is 6.22. The lowest BCUT2D eigenvalue weighted by Crippen LogP contribution is -2.43. The topological polar surface area (TPSA) is 42.2 Å². The van der Waals surface area contributed by atoms with E-state index in [0.29, 0.717) is 6.04 Å². The van der Waals surface area contributed by atoms with Gasteiger partial charge in [0.25, 0.3) is 0 Å². The molecule has 0 amide bonds. The molecule has 1 aliphatic rings. The molecule has 0 radical (unpaired) electrons. The lowest BCUT2D eigenvalue weighted by Gasteiger charge is -2.34. The van der Waals surface area contributed by atoms with Gasteiger partial charge in [-0.15, -0.1) is 0 Å². The van der Waals surface area contributed by atoms with Gasteiger partial charge < -0.3 is 10.6 Å². The van der Waals surface area contributed by atoms with E-state index < -0.39 is 0 Å². The Labute approximate surface area is 91.3 Å². The van der Waals surface area contributed by atoms with Gasteiger partial charge in [-0.3, -0.25) is 4.98 Å². The number of aryl methyl sites for hydroxylation is 2. The first kappa shape index (κ1) is 10.4. The van der Waals surface area contributed by atoms with Gasteiger partial charge in [0.2, 0.25) is 0 Å². The molecule has 2 heterocycles. The van der Waals surface area contributed by atoms with Crippen molar-refractivity contribution in [3.8, 4) is 0 Å². The molecule has 1 unspecified atom stereocenters. The van der Waals surface area contributed by atoms with E-state index in [1.54, 1.807) is 0 Å². The molecular weight excluding hydrogens is 186 g/mol. The zero-order valence-corrected chi connectivity index (χ0v) is 9.53. The molecule has 1 aromatic heterocycles. The second-order valence-corrected chi connectivity index (χ2v) is 4.47. The van der Waals surface area contributed by atoms with Crippen LogP contribution in [0.5, 0.6) is 0 Å². The molecule has 0 spiro atoms. The molecule has 3 nitrogen and oxygen atoms in total. The quantitative estimate of drug-likeness (QED) is 0.757. The average Bonchev–Trinajstić information content (AvgIpc) is 2.17. The van der Waals surface area contributed by atoms with Crippen molar-refractivity contribution >= 4 is 5.69 Å². The van der Waals surface area contributed by atoms with Crippen molar-refractivity contribution in [3.63, 3.8) is 0 Å². The van der Waals surface area contributed by atoms with Crippen molar-refractivity contribution in [3.05, 3.63) is 23.5 Å². The normalized spacial score (nSPS) is 21.8. The minimum absolute atomic E-state index is 0.325. The molecular formula is C12H19N3. The third-order valence-corrected chi connectivity index (χ3v) is 3.06. The van der Waals surface area contributed by atoms with Crippen LogP contribution in [0.25, 0.3) is 0 Å². The molecule has 0 aliphatic carbocycles. The van der Waals surface area contributed by atoms with E-state index >= 15 is 0 Å². The van der Waals surface area contributed by atoms with Crippen molar-refractivity contribution in [2.24, 2.45) is 5.73 Å². The smallest absolute Gasteiger partial charge is 0.0457 e. The molecule has 1 aromatic rings. The van der Waals surface area contributed by atoms with Crippen LogP contribution >= 0.6 is 0 Å². The fourth-order valence-corrected chi connectivity index (χ4v) is 2.41. The zero-order valence-electron chi connectivity index (χ0n) is 9.53. The van der Waals surface area contributed by atoms with Crippen molar-refractivity contribution < 1.29 is 0 Å². The van der Waals surface area contributed by atoms with Crippen LogP contribution in [0.3, 0.4) is 0 Å². The van der Waals surface area contributed by atoms with E-state index in [9.17, 15) is 0 Å². The first-order chi connectivity index (χ1) is 7.18. The number of hydrogen-bond acceptors (Lipinski definition) is 3. The van der Waals surface area contributed by atoms with Gasteiger partial charge in [-0.25, -0.2) is 0 Å². The second kappa shape index (κ2) is 4.19. The summed E-state index contributed by atoms with van der Waals surface area (Å²) in [5.74, 6) is 0. The van der Waals surface area contributed by atoms with Crippen LogP contribution in [-0.4, -0.2) is 24.1 Å². The van der Waals surface area contributed by atoms with E-state index in [1.165, 1.54) is 23.2 Å². The number of nitrogens with zero attached hydrogens (tertiary/aromatic N) is 2. The van der Waals surface area contributed by atoms with Gasteiger partial charge in [0.05, 0.1) is 0 Å². The number of rotatable bonds is 1. The molecule has 1 saturated heterocycles. The van der Waals surface area contributed by atoms with E-state index in [2.05, 4.69) is 23.7 Å². The number of pyridine rings is 1. The Morgan fingerprint density at radius 2 is 2.00 bits per heavy atom. The van der Waals surface area contributed by atoms with E-state index in [4.69, 9.17) is 5.73 Å². The maximum Gasteiger partial charge on any atom is 0.0457 e. The molecule has 1 atom stereocenters. The third-order valence-electron chi connectivity index (χ3n) is 3.06. The van der Waals surface area contributed by atoms with E-state index in [1.807, 2.05) is 12.4 Å². The fourth-order valence-electron chi connectivity index (χ4n) is 2.41. The molecule has 3 heteroatoms. The minimum Gasteiger partial charge on any atom is -0.369 e. The molecule has 0 saturated carbocycles. The highest BCUT2D eigenvalue weighted by Crippen LogP contribution is 2.26.